The van der Waals surface area contributed by atoms with Crippen LogP contribution in [-0.4, -0.2) is 41.4 Å². The number of allylic oxidation sites excluding steroid dienone is 1. The first-order valence-corrected chi connectivity index (χ1v) is 10.9. The van der Waals surface area contributed by atoms with Crippen molar-refractivity contribution in [1.82, 2.24) is 29.8 Å². The van der Waals surface area contributed by atoms with Gasteiger partial charge in [0.2, 0.25) is 5.91 Å². The smallest absolute Gasteiger partial charge is 0.234 e. The molecular formula is C20H18BrN7OS. The number of hydrogen-bond donors (Lipinski definition) is 1. The van der Waals surface area contributed by atoms with Gasteiger partial charge in [0, 0.05) is 16.7 Å². The van der Waals surface area contributed by atoms with Gasteiger partial charge in [-0.15, -0.1) is 21.9 Å². The van der Waals surface area contributed by atoms with Gasteiger partial charge in [-0.3, -0.25) is 4.79 Å². The Bertz CT molecular complexity index is 1200. The van der Waals surface area contributed by atoms with Crippen molar-refractivity contribution >= 4 is 50.3 Å². The molecule has 0 saturated carbocycles. The predicted molar refractivity (Wildman–Crippen MR) is 120 cm³/mol. The minimum Gasteiger partial charge on any atom is -0.325 e. The highest BCUT2D eigenvalue weighted by atomic mass is 79.9. The van der Waals surface area contributed by atoms with Crippen LogP contribution in [0.15, 0.2) is 70.8 Å². The average molecular weight is 484 g/mol. The molecule has 0 bridgehead atoms. The van der Waals surface area contributed by atoms with Crippen molar-refractivity contribution in [2.45, 2.75) is 18.2 Å². The fourth-order valence-electron chi connectivity index (χ4n) is 2.92. The van der Waals surface area contributed by atoms with Crippen molar-refractivity contribution in [2.75, 3.05) is 11.1 Å². The summed E-state index contributed by atoms with van der Waals surface area (Å²) in [6.07, 6.45) is 1.78. The second kappa shape index (κ2) is 9.23. The summed E-state index contributed by atoms with van der Waals surface area (Å²) in [5.41, 5.74) is 2.49. The van der Waals surface area contributed by atoms with Crippen molar-refractivity contribution in [3.8, 4) is 0 Å². The Labute approximate surface area is 185 Å². The number of nitrogens with zero attached hydrogens (tertiary/aromatic N) is 6. The van der Waals surface area contributed by atoms with Crippen LogP contribution in [0.25, 0.3) is 11.0 Å². The molecule has 8 nitrogen and oxygen atoms in total. The van der Waals surface area contributed by atoms with E-state index in [2.05, 4.69) is 48.3 Å². The third-order valence-corrected chi connectivity index (χ3v) is 5.72. The summed E-state index contributed by atoms with van der Waals surface area (Å²) < 4.78 is 4.62. The van der Waals surface area contributed by atoms with Crippen LogP contribution in [-0.2, 0) is 17.9 Å². The lowest BCUT2D eigenvalue weighted by atomic mass is 10.3. The summed E-state index contributed by atoms with van der Waals surface area (Å²) in [5.74, 6) is 0.823. The lowest BCUT2D eigenvalue weighted by molar-refractivity contribution is -0.113. The van der Waals surface area contributed by atoms with Gasteiger partial charge in [-0.05, 0) is 30.3 Å². The lowest BCUT2D eigenvalue weighted by Gasteiger charge is -2.08. The number of hydrogen-bond acceptors (Lipinski definition) is 6. The van der Waals surface area contributed by atoms with Gasteiger partial charge < -0.3 is 9.88 Å². The minimum absolute atomic E-state index is 0.116. The average Bonchev–Trinajstić information content (AvgIpc) is 3.32. The number of rotatable bonds is 8. The lowest BCUT2D eigenvalue weighted by Crippen LogP contribution is -2.15. The molecule has 2 heterocycles. The van der Waals surface area contributed by atoms with E-state index in [9.17, 15) is 4.79 Å². The van der Waals surface area contributed by atoms with Gasteiger partial charge in [-0.1, -0.05) is 57.2 Å². The van der Waals surface area contributed by atoms with Gasteiger partial charge in [0.25, 0.3) is 0 Å². The summed E-state index contributed by atoms with van der Waals surface area (Å²) in [6.45, 7) is 4.77. The van der Waals surface area contributed by atoms with E-state index >= 15 is 0 Å². The van der Waals surface area contributed by atoms with Crippen molar-refractivity contribution in [3.63, 3.8) is 0 Å². The molecule has 10 heteroatoms. The van der Waals surface area contributed by atoms with Crippen molar-refractivity contribution in [3.05, 3.63) is 71.5 Å². The number of carbonyl (C=O) groups excluding carboxylic acids is 1. The van der Waals surface area contributed by atoms with Crippen LogP contribution >= 0.6 is 27.7 Å². The van der Waals surface area contributed by atoms with E-state index in [1.165, 1.54) is 11.8 Å². The molecule has 0 aliphatic carbocycles. The molecule has 0 aliphatic rings. The van der Waals surface area contributed by atoms with Crippen LogP contribution in [0.5, 0.6) is 0 Å². The van der Waals surface area contributed by atoms with Gasteiger partial charge >= 0.3 is 0 Å². The van der Waals surface area contributed by atoms with Crippen LogP contribution in [0.2, 0.25) is 0 Å². The Hall–Kier alpha value is -2.98. The number of aromatic nitrogens is 6. The molecule has 0 radical (unpaired) electrons. The molecule has 0 saturated heterocycles. The molecule has 0 atom stereocenters. The van der Waals surface area contributed by atoms with E-state index in [1.54, 1.807) is 10.8 Å². The first-order chi connectivity index (χ1) is 14.6. The van der Waals surface area contributed by atoms with Crippen LogP contribution in [0.1, 0.15) is 5.82 Å². The normalized spacial score (nSPS) is 11.0. The molecule has 30 heavy (non-hydrogen) atoms. The minimum atomic E-state index is -0.116. The largest absolute Gasteiger partial charge is 0.325 e. The molecule has 152 valence electrons. The van der Waals surface area contributed by atoms with Crippen molar-refractivity contribution < 1.29 is 4.79 Å². The quantitative estimate of drug-likeness (QED) is 0.303. The van der Waals surface area contributed by atoms with E-state index in [0.717, 1.165) is 27.0 Å². The maximum Gasteiger partial charge on any atom is 0.234 e. The highest BCUT2D eigenvalue weighted by molar-refractivity contribution is 9.10. The predicted octanol–water partition coefficient (Wildman–Crippen LogP) is 3.75. The van der Waals surface area contributed by atoms with E-state index in [-0.39, 0.29) is 11.7 Å². The molecule has 0 spiro atoms. The van der Waals surface area contributed by atoms with Crippen LogP contribution in [0.3, 0.4) is 0 Å². The Morgan fingerprint density at radius 1 is 1.17 bits per heavy atom. The number of anilines is 1. The van der Waals surface area contributed by atoms with Gasteiger partial charge in [0.15, 0.2) is 11.0 Å². The zero-order chi connectivity index (χ0) is 20.9. The monoisotopic (exact) mass is 483 g/mol. The Morgan fingerprint density at radius 3 is 2.87 bits per heavy atom. The van der Waals surface area contributed by atoms with Gasteiger partial charge in [0.1, 0.15) is 12.1 Å². The fraction of sp³-hybridized carbons (Fsp3) is 0.150. The summed E-state index contributed by atoms with van der Waals surface area (Å²) in [7, 11) is 0. The summed E-state index contributed by atoms with van der Waals surface area (Å²) in [6, 6.07) is 15.2. The zero-order valence-corrected chi connectivity index (χ0v) is 18.3. The number of amides is 1. The number of fused-ring (bicyclic) bond motifs is 1. The molecule has 0 unspecified atom stereocenters. The number of thioether (sulfide) groups is 1. The molecule has 0 fully saturated rings. The topological polar surface area (TPSA) is 90.5 Å². The molecular weight excluding hydrogens is 466 g/mol. The van der Waals surface area contributed by atoms with E-state index in [1.807, 2.05) is 53.1 Å². The Kier molecular flexibility index (Phi) is 6.24. The standard InChI is InChI=1S/C20H18BrN7OS/c1-2-10-27-18(12-28-17-9-4-3-8-16(17)23-26-28)24-25-20(27)30-13-19(29)22-15-7-5-6-14(21)11-15/h2-9,11H,1,10,12-13H2,(H,22,29). The number of para-hydroxylation sites is 1. The number of nitrogens with one attached hydrogen (secondary N) is 1. The summed E-state index contributed by atoms with van der Waals surface area (Å²) in [4.78, 5) is 12.3. The summed E-state index contributed by atoms with van der Waals surface area (Å²) in [5, 5.41) is 20.5. The molecule has 2 aromatic carbocycles. The van der Waals surface area contributed by atoms with Crippen LogP contribution in [0.4, 0.5) is 5.69 Å². The SMILES string of the molecule is C=CCn1c(Cn2nnc3ccccc32)nnc1SCC(=O)Nc1cccc(Br)c1. The van der Waals surface area contributed by atoms with Crippen LogP contribution in [0, 0.1) is 0 Å². The molecule has 1 N–H and O–H groups in total. The number of carbonyl (C=O) groups is 1. The maximum atomic E-state index is 12.3. The molecule has 1 amide bonds. The molecule has 2 aromatic heterocycles. The highest BCUT2D eigenvalue weighted by Crippen LogP contribution is 2.20. The Balaban J connectivity index is 1.47. The highest BCUT2D eigenvalue weighted by Gasteiger charge is 2.15. The second-order valence-corrected chi connectivity index (χ2v) is 8.24. The van der Waals surface area contributed by atoms with Crippen LogP contribution < -0.4 is 5.32 Å². The number of benzene rings is 2. The van der Waals surface area contributed by atoms with Crippen molar-refractivity contribution in [1.29, 1.82) is 0 Å². The third kappa shape index (κ3) is 4.60. The maximum absolute atomic E-state index is 12.3. The van der Waals surface area contributed by atoms with Crippen molar-refractivity contribution in [2.24, 2.45) is 0 Å². The molecule has 4 rings (SSSR count). The van der Waals surface area contributed by atoms with E-state index in [4.69, 9.17) is 0 Å². The molecule has 0 aliphatic heterocycles. The van der Waals surface area contributed by atoms with Gasteiger partial charge in [-0.2, -0.15) is 0 Å². The van der Waals surface area contributed by atoms with Gasteiger partial charge in [-0.25, -0.2) is 4.68 Å². The fourth-order valence-corrected chi connectivity index (χ4v) is 4.08. The van der Waals surface area contributed by atoms with E-state index < -0.39 is 0 Å². The zero-order valence-electron chi connectivity index (χ0n) is 15.9. The Morgan fingerprint density at radius 2 is 2.03 bits per heavy atom. The first-order valence-electron chi connectivity index (χ1n) is 9.13. The first kappa shape index (κ1) is 20.3. The van der Waals surface area contributed by atoms with E-state index in [0.29, 0.717) is 18.2 Å². The van der Waals surface area contributed by atoms with Gasteiger partial charge in [0.05, 0.1) is 11.3 Å². The second-order valence-electron chi connectivity index (χ2n) is 6.38. The molecule has 4 aromatic rings. The number of halogens is 1. The summed E-state index contributed by atoms with van der Waals surface area (Å²) >= 11 is 4.73. The third-order valence-electron chi connectivity index (χ3n) is 4.26.